The van der Waals surface area contributed by atoms with Crippen LogP contribution in [0.25, 0.3) is 0 Å². The zero-order chi connectivity index (χ0) is 11.6. The highest BCUT2D eigenvalue weighted by molar-refractivity contribution is 5.25. The van der Waals surface area contributed by atoms with Crippen molar-refractivity contribution in [3.63, 3.8) is 0 Å². The fourth-order valence-electron chi connectivity index (χ4n) is 1.22. The molecule has 1 aliphatic heterocycles. The van der Waals surface area contributed by atoms with Crippen LogP contribution in [0.3, 0.4) is 0 Å². The van der Waals surface area contributed by atoms with Crippen LogP contribution in [0.2, 0.25) is 0 Å². The third kappa shape index (κ3) is 2.78. The summed E-state index contributed by atoms with van der Waals surface area (Å²) >= 11 is 0. The Morgan fingerprint density at radius 1 is 1.56 bits per heavy atom. The van der Waals surface area contributed by atoms with Gasteiger partial charge in [0.1, 0.15) is 12.5 Å². The molecule has 1 fully saturated rings. The van der Waals surface area contributed by atoms with Gasteiger partial charge in [-0.2, -0.15) is 4.98 Å². The van der Waals surface area contributed by atoms with Gasteiger partial charge in [0.25, 0.3) is 0 Å². The van der Waals surface area contributed by atoms with Gasteiger partial charge in [-0.05, 0) is 13.8 Å². The lowest BCUT2D eigenvalue weighted by atomic mass is 10.4. The summed E-state index contributed by atoms with van der Waals surface area (Å²) in [5, 5.41) is 1.55. The lowest BCUT2D eigenvalue weighted by Gasteiger charge is -2.17. The van der Waals surface area contributed by atoms with Gasteiger partial charge in [-0.15, -0.1) is 5.06 Å². The predicted octanol–water partition coefficient (Wildman–Crippen LogP) is 0.352. The van der Waals surface area contributed by atoms with E-state index in [2.05, 4.69) is 9.97 Å². The second-order valence-corrected chi connectivity index (χ2v) is 3.80. The summed E-state index contributed by atoms with van der Waals surface area (Å²) in [5.41, 5.74) is 5.46. The van der Waals surface area contributed by atoms with Gasteiger partial charge >= 0.3 is 0 Å². The van der Waals surface area contributed by atoms with Crippen LogP contribution in [0, 0.1) is 0 Å². The van der Waals surface area contributed by atoms with E-state index in [1.165, 1.54) is 12.4 Å². The molecule has 1 aromatic heterocycles. The fraction of sp³-hybridized carbons (Fsp3) is 0.556. The summed E-state index contributed by atoms with van der Waals surface area (Å²) in [6.45, 7) is 4.21. The van der Waals surface area contributed by atoms with Crippen LogP contribution < -0.4 is 10.5 Å². The van der Waals surface area contributed by atoms with E-state index in [9.17, 15) is 0 Å². The highest BCUT2D eigenvalue weighted by Gasteiger charge is 2.31. The molecule has 7 heteroatoms. The van der Waals surface area contributed by atoms with Crippen molar-refractivity contribution < 1.29 is 14.3 Å². The van der Waals surface area contributed by atoms with Crippen molar-refractivity contribution in [1.29, 1.82) is 0 Å². The van der Waals surface area contributed by atoms with Gasteiger partial charge in [0.2, 0.25) is 5.88 Å². The standard InChI is InChI=1S/C9H14N4O3/c1-9(2)15-6-13(16-9)5-14-8-4-11-3-7(10)12-8/h3-4H,5-6H2,1-2H3,(H2,10,12). The van der Waals surface area contributed by atoms with E-state index in [1.54, 1.807) is 5.06 Å². The monoisotopic (exact) mass is 226 g/mol. The molecular weight excluding hydrogens is 212 g/mol. The van der Waals surface area contributed by atoms with E-state index in [0.717, 1.165) is 0 Å². The van der Waals surface area contributed by atoms with E-state index in [-0.39, 0.29) is 6.73 Å². The zero-order valence-electron chi connectivity index (χ0n) is 9.21. The third-order valence-electron chi connectivity index (χ3n) is 1.89. The molecule has 0 bridgehead atoms. The molecule has 16 heavy (non-hydrogen) atoms. The number of nitrogens with zero attached hydrogens (tertiary/aromatic N) is 3. The van der Waals surface area contributed by atoms with Crippen molar-refractivity contribution in [2.24, 2.45) is 0 Å². The van der Waals surface area contributed by atoms with Crippen molar-refractivity contribution in [3.8, 4) is 5.88 Å². The quantitative estimate of drug-likeness (QED) is 0.796. The van der Waals surface area contributed by atoms with Gasteiger partial charge in [0.15, 0.2) is 12.5 Å². The first-order chi connectivity index (χ1) is 7.55. The summed E-state index contributed by atoms with van der Waals surface area (Å²) in [4.78, 5) is 13.2. The summed E-state index contributed by atoms with van der Waals surface area (Å²) in [5.74, 6) is 0.0646. The van der Waals surface area contributed by atoms with Crippen molar-refractivity contribution >= 4 is 5.82 Å². The number of aromatic nitrogens is 2. The van der Waals surface area contributed by atoms with Crippen LogP contribution in [0.4, 0.5) is 5.82 Å². The average Bonchev–Trinajstić information content (AvgIpc) is 2.56. The minimum Gasteiger partial charge on any atom is -0.458 e. The molecule has 0 spiro atoms. The molecular formula is C9H14N4O3. The topological polar surface area (TPSA) is 82.7 Å². The van der Waals surface area contributed by atoms with Gasteiger partial charge in [-0.25, -0.2) is 0 Å². The van der Waals surface area contributed by atoms with E-state index in [1.807, 2.05) is 13.8 Å². The van der Waals surface area contributed by atoms with Crippen LogP contribution in [-0.2, 0) is 9.57 Å². The average molecular weight is 226 g/mol. The molecule has 88 valence electrons. The van der Waals surface area contributed by atoms with Crippen LogP contribution in [0.5, 0.6) is 5.88 Å². The van der Waals surface area contributed by atoms with Crippen LogP contribution in [0.1, 0.15) is 13.8 Å². The molecule has 0 atom stereocenters. The first-order valence-electron chi connectivity index (χ1n) is 4.83. The second-order valence-electron chi connectivity index (χ2n) is 3.80. The Morgan fingerprint density at radius 3 is 3.00 bits per heavy atom. The summed E-state index contributed by atoms with van der Waals surface area (Å²) < 4.78 is 10.7. The molecule has 1 saturated heterocycles. The van der Waals surface area contributed by atoms with Gasteiger partial charge in [-0.1, -0.05) is 0 Å². The summed E-state index contributed by atoms with van der Waals surface area (Å²) in [6, 6.07) is 0. The van der Waals surface area contributed by atoms with Gasteiger partial charge in [0, 0.05) is 0 Å². The maximum Gasteiger partial charge on any atom is 0.235 e. The molecule has 0 saturated carbocycles. The highest BCUT2D eigenvalue weighted by Crippen LogP contribution is 2.21. The molecule has 1 aromatic rings. The first kappa shape index (κ1) is 11.1. The molecule has 0 unspecified atom stereocenters. The minimum atomic E-state index is -0.606. The first-order valence-corrected chi connectivity index (χ1v) is 4.83. The predicted molar refractivity (Wildman–Crippen MR) is 54.9 cm³/mol. The number of hydrogen-bond acceptors (Lipinski definition) is 7. The summed E-state index contributed by atoms with van der Waals surface area (Å²) in [7, 11) is 0. The number of anilines is 1. The SMILES string of the molecule is CC1(C)OCN(COc2cncc(N)n2)O1. The number of hydrogen-bond donors (Lipinski definition) is 1. The molecule has 2 N–H and O–H groups in total. The number of nitrogens with two attached hydrogens (primary N) is 1. The van der Waals surface area contributed by atoms with Crippen molar-refractivity contribution in [1.82, 2.24) is 15.0 Å². The van der Waals surface area contributed by atoms with Crippen LogP contribution in [-0.4, -0.2) is 34.3 Å². The van der Waals surface area contributed by atoms with Gasteiger partial charge in [0.05, 0.1) is 12.4 Å². The van der Waals surface area contributed by atoms with Gasteiger partial charge in [-0.3, -0.25) is 9.82 Å². The maximum atomic E-state index is 5.46. The van der Waals surface area contributed by atoms with Crippen LogP contribution >= 0.6 is 0 Å². The minimum absolute atomic E-state index is 0.210. The lowest BCUT2D eigenvalue weighted by Crippen LogP contribution is -2.28. The highest BCUT2D eigenvalue weighted by atomic mass is 16.9. The number of hydroxylamine groups is 2. The Labute approximate surface area is 93.1 Å². The third-order valence-corrected chi connectivity index (χ3v) is 1.89. The Bertz CT molecular complexity index is 372. The molecule has 0 aromatic carbocycles. The second kappa shape index (κ2) is 4.20. The maximum absolute atomic E-state index is 5.46. The van der Waals surface area contributed by atoms with Gasteiger partial charge < -0.3 is 15.2 Å². The molecule has 0 radical (unpaired) electrons. The van der Waals surface area contributed by atoms with E-state index in [4.69, 9.17) is 20.0 Å². The molecule has 0 aliphatic carbocycles. The summed E-state index contributed by atoms with van der Waals surface area (Å²) in [6.07, 6.45) is 2.93. The Hall–Kier alpha value is -1.44. The lowest BCUT2D eigenvalue weighted by molar-refractivity contribution is -0.230. The van der Waals surface area contributed by atoms with E-state index in [0.29, 0.717) is 18.4 Å². The largest absolute Gasteiger partial charge is 0.458 e. The van der Waals surface area contributed by atoms with E-state index >= 15 is 0 Å². The number of nitrogen functional groups attached to an aromatic ring is 1. The Kier molecular flexibility index (Phi) is 2.90. The molecule has 1 aliphatic rings. The van der Waals surface area contributed by atoms with Crippen molar-refractivity contribution in [3.05, 3.63) is 12.4 Å². The fourth-order valence-corrected chi connectivity index (χ4v) is 1.22. The van der Waals surface area contributed by atoms with E-state index < -0.39 is 5.79 Å². The normalized spacial score (nSPS) is 19.9. The smallest absolute Gasteiger partial charge is 0.235 e. The molecule has 2 rings (SSSR count). The molecule has 0 amide bonds. The number of rotatable bonds is 3. The number of ether oxygens (including phenoxy) is 2. The molecule has 7 nitrogen and oxygen atoms in total. The van der Waals surface area contributed by atoms with Crippen molar-refractivity contribution in [2.45, 2.75) is 19.6 Å². The molecule has 2 heterocycles. The zero-order valence-corrected chi connectivity index (χ0v) is 9.21. The van der Waals surface area contributed by atoms with Crippen molar-refractivity contribution in [2.75, 3.05) is 19.2 Å². The van der Waals surface area contributed by atoms with Crippen LogP contribution in [0.15, 0.2) is 12.4 Å². The Morgan fingerprint density at radius 2 is 2.38 bits per heavy atom. The Balaban J connectivity index is 1.84.